The van der Waals surface area contributed by atoms with Crippen LogP contribution < -0.4 is 0 Å². The maximum atomic E-state index is 10.3. The van der Waals surface area contributed by atoms with Crippen molar-refractivity contribution in [3.05, 3.63) is 45.6 Å². The van der Waals surface area contributed by atoms with Crippen LogP contribution in [0.3, 0.4) is 0 Å². The first-order valence-corrected chi connectivity index (χ1v) is 8.37. The van der Waals surface area contributed by atoms with Crippen molar-refractivity contribution in [3.63, 3.8) is 0 Å². The number of carboxylic acids is 1. The SMILES string of the molecule is O=C(O)CCCCCCCC=CCc1ccc(I)cc1. The van der Waals surface area contributed by atoms with Crippen molar-refractivity contribution in [1.29, 1.82) is 0 Å². The number of carboxylic acid groups (broad SMARTS) is 1. The molecule has 0 unspecified atom stereocenters. The van der Waals surface area contributed by atoms with Gasteiger partial charge >= 0.3 is 5.97 Å². The summed E-state index contributed by atoms with van der Waals surface area (Å²) < 4.78 is 1.28. The van der Waals surface area contributed by atoms with Gasteiger partial charge in [0.25, 0.3) is 0 Å². The van der Waals surface area contributed by atoms with Crippen molar-refractivity contribution >= 4 is 28.6 Å². The lowest BCUT2D eigenvalue weighted by Crippen LogP contribution is -1.93. The summed E-state index contributed by atoms with van der Waals surface area (Å²) in [7, 11) is 0. The summed E-state index contributed by atoms with van der Waals surface area (Å²) in [6, 6.07) is 8.63. The zero-order chi connectivity index (χ0) is 14.6. The van der Waals surface area contributed by atoms with Crippen molar-refractivity contribution in [2.45, 2.75) is 51.4 Å². The lowest BCUT2D eigenvalue weighted by molar-refractivity contribution is -0.137. The molecule has 0 aliphatic carbocycles. The van der Waals surface area contributed by atoms with Gasteiger partial charge in [-0.2, -0.15) is 0 Å². The zero-order valence-corrected chi connectivity index (χ0v) is 14.0. The molecule has 0 aliphatic heterocycles. The molecule has 0 amide bonds. The Morgan fingerprint density at radius 2 is 1.65 bits per heavy atom. The average Bonchev–Trinajstić information content (AvgIpc) is 2.42. The number of allylic oxidation sites excluding steroid dienone is 2. The highest BCUT2D eigenvalue weighted by Gasteiger charge is 1.96. The molecule has 0 fully saturated rings. The van der Waals surface area contributed by atoms with Crippen LogP contribution in [0.4, 0.5) is 0 Å². The van der Waals surface area contributed by atoms with Crippen molar-refractivity contribution in [2.75, 3.05) is 0 Å². The Morgan fingerprint density at radius 1 is 1.00 bits per heavy atom. The van der Waals surface area contributed by atoms with Gasteiger partial charge in [0.2, 0.25) is 0 Å². The fraction of sp³-hybridized carbons (Fsp3) is 0.471. The molecule has 0 saturated heterocycles. The first-order valence-electron chi connectivity index (χ1n) is 7.30. The lowest BCUT2D eigenvalue weighted by Gasteiger charge is -1.99. The molecule has 1 aromatic rings. The number of unbranched alkanes of at least 4 members (excludes halogenated alkanes) is 5. The summed E-state index contributed by atoms with van der Waals surface area (Å²) in [6.07, 6.45) is 12.4. The topological polar surface area (TPSA) is 37.3 Å². The van der Waals surface area contributed by atoms with Crippen LogP contribution in [-0.4, -0.2) is 11.1 Å². The summed E-state index contributed by atoms with van der Waals surface area (Å²) in [5.41, 5.74) is 1.36. The van der Waals surface area contributed by atoms with Crippen molar-refractivity contribution in [1.82, 2.24) is 0 Å². The second-order valence-electron chi connectivity index (χ2n) is 5.00. The highest BCUT2D eigenvalue weighted by Crippen LogP contribution is 2.09. The van der Waals surface area contributed by atoms with E-state index in [0.29, 0.717) is 6.42 Å². The van der Waals surface area contributed by atoms with Crippen LogP contribution in [0.2, 0.25) is 0 Å². The zero-order valence-electron chi connectivity index (χ0n) is 11.9. The molecule has 1 N–H and O–H groups in total. The molecule has 110 valence electrons. The van der Waals surface area contributed by atoms with Gasteiger partial charge in [-0.25, -0.2) is 0 Å². The molecule has 0 atom stereocenters. The highest BCUT2D eigenvalue weighted by atomic mass is 127. The number of benzene rings is 1. The molecule has 0 spiro atoms. The summed E-state index contributed by atoms with van der Waals surface area (Å²) in [5, 5.41) is 8.51. The van der Waals surface area contributed by atoms with Crippen molar-refractivity contribution in [3.8, 4) is 0 Å². The number of carbonyl (C=O) groups is 1. The predicted molar refractivity (Wildman–Crippen MR) is 92.0 cm³/mol. The maximum absolute atomic E-state index is 10.3. The average molecular weight is 386 g/mol. The molecule has 20 heavy (non-hydrogen) atoms. The molecule has 0 bridgehead atoms. The number of aliphatic carboxylic acids is 1. The summed E-state index contributed by atoms with van der Waals surface area (Å²) in [6.45, 7) is 0. The minimum Gasteiger partial charge on any atom is -0.481 e. The van der Waals surface area contributed by atoms with Gasteiger partial charge in [0.05, 0.1) is 0 Å². The van der Waals surface area contributed by atoms with E-state index in [1.54, 1.807) is 0 Å². The second kappa shape index (κ2) is 10.9. The van der Waals surface area contributed by atoms with E-state index in [0.717, 1.165) is 32.1 Å². The summed E-state index contributed by atoms with van der Waals surface area (Å²) in [4.78, 5) is 10.3. The molecule has 0 aromatic heterocycles. The quantitative estimate of drug-likeness (QED) is 0.341. The Morgan fingerprint density at radius 3 is 2.35 bits per heavy atom. The van der Waals surface area contributed by atoms with Crippen LogP contribution in [0.15, 0.2) is 36.4 Å². The Kier molecular flexibility index (Phi) is 9.37. The number of hydrogen-bond acceptors (Lipinski definition) is 1. The molecule has 3 heteroatoms. The summed E-state index contributed by atoms with van der Waals surface area (Å²) >= 11 is 2.32. The van der Waals surface area contributed by atoms with Crippen LogP contribution in [0.5, 0.6) is 0 Å². The van der Waals surface area contributed by atoms with E-state index in [1.165, 1.54) is 22.0 Å². The normalized spacial score (nSPS) is 11.1. The summed E-state index contributed by atoms with van der Waals surface area (Å²) in [5.74, 6) is -0.677. The Balaban J connectivity index is 1.97. The number of hydrogen-bond donors (Lipinski definition) is 1. The molecule has 0 saturated carbocycles. The molecule has 0 radical (unpaired) electrons. The van der Waals surface area contributed by atoms with E-state index in [1.807, 2.05) is 0 Å². The predicted octanol–water partition coefficient (Wildman–Crippen LogP) is 5.21. The third-order valence-electron chi connectivity index (χ3n) is 3.19. The molecule has 2 nitrogen and oxygen atoms in total. The largest absolute Gasteiger partial charge is 0.481 e. The van der Waals surface area contributed by atoms with Crippen molar-refractivity contribution < 1.29 is 9.90 Å². The van der Waals surface area contributed by atoms with Gasteiger partial charge in [-0.15, -0.1) is 0 Å². The third kappa shape index (κ3) is 9.13. The third-order valence-corrected chi connectivity index (χ3v) is 3.91. The van der Waals surface area contributed by atoms with Gasteiger partial charge in [0, 0.05) is 9.99 Å². The van der Waals surface area contributed by atoms with E-state index in [9.17, 15) is 4.79 Å². The Bertz CT molecular complexity index is 410. The van der Waals surface area contributed by atoms with E-state index >= 15 is 0 Å². The molecular weight excluding hydrogens is 363 g/mol. The smallest absolute Gasteiger partial charge is 0.303 e. The monoisotopic (exact) mass is 386 g/mol. The number of rotatable bonds is 10. The van der Waals surface area contributed by atoms with E-state index in [-0.39, 0.29) is 0 Å². The van der Waals surface area contributed by atoms with Crippen LogP contribution in [0, 0.1) is 3.57 Å². The fourth-order valence-corrected chi connectivity index (χ4v) is 2.39. The fourth-order valence-electron chi connectivity index (χ4n) is 2.03. The maximum Gasteiger partial charge on any atom is 0.303 e. The van der Waals surface area contributed by atoms with Gasteiger partial charge in [0.1, 0.15) is 0 Å². The van der Waals surface area contributed by atoms with Crippen LogP contribution >= 0.6 is 22.6 Å². The molecule has 1 rings (SSSR count). The van der Waals surface area contributed by atoms with Crippen LogP contribution in [0.1, 0.15) is 50.5 Å². The highest BCUT2D eigenvalue weighted by molar-refractivity contribution is 14.1. The molecule has 0 aliphatic rings. The minimum absolute atomic E-state index is 0.315. The van der Waals surface area contributed by atoms with Gasteiger partial charge < -0.3 is 5.11 Å². The van der Waals surface area contributed by atoms with Gasteiger partial charge in [-0.1, -0.05) is 43.5 Å². The second-order valence-corrected chi connectivity index (χ2v) is 6.25. The molecule has 0 heterocycles. The van der Waals surface area contributed by atoms with Crippen LogP contribution in [-0.2, 0) is 11.2 Å². The van der Waals surface area contributed by atoms with E-state index < -0.39 is 5.97 Å². The van der Waals surface area contributed by atoms with E-state index in [4.69, 9.17) is 5.11 Å². The molecular formula is C17H23IO2. The Labute approximate surface area is 135 Å². The first-order chi connectivity index (χ1) is 9.68. The molecule has 1 aromatic carbocycles. The minimum atomic E-state index is -0.677. The first kappa shape index (κ1) is 17.2. The van der Waals surface area contributed by atoms with Crippen LogP contribution in [0.25, 0.3) is 0 Å². The van der Waals surface area contributed by atoms with Gasteiger partial charge in [-0.05, 0) is 66.0 Å². The van der Waals surface area contributed by atoms with E-state index in [2.05, 4.69) is 59.0 Å². The lowest BCUT2D eigenvalue weighted by atomic mass is 10.1. The number of halogens is 1. The van der Waals surface area contributed by atoms with Crippen molar-refractivity contribution in [2.24, 2.45) is 0 Å². The Hall–Kier alpha value is -0.840. The van der Waals surface area contributed by atoms with Gasteiger partial charge in [0.15, 0.2) is 0 Å². The van der Waals surface area contributed by atoms with Gasteiger partial charge in [-0.3, -0.25) is 4.79 Å². The standard InChI is InChI=1S/C17H23IO2/c18-16-13-11-15(12-14-16)9-7-5-3-1-2-4-6-8-10-17(19)20/h5,7,11-14H,1-4,6,8-10H2,(H,19,20).